The topological polar surface area (TPSA) is 61.8 Å². The third kappa shape index (κ3) is 2.37. The molecule has 4 nitrogen and oxygen atoms in total. The number of benzene rings is 1. The SMILES string of the molecule is OC(Cc1ccc(F)c(Cl)c1)c1ncn[nH]1. The molecule has 16 heavy (non-hydrogen) atoms. The van der Waals surface area contributed by atoms with Crippen molar-refractivity contribution in [1.29, 1.82) is 0 Å². The van der Waals surface area contributed by atoms with Crippen LogP contribution >= 0.6 is 11.6 Å². The summed E-state index contributed by atoms with van der Waals surface area (Å²) in [4.78, 5) is 3.83. The maximum Gasteiger partial charge on any atom is 0.153 e. The highest BCUT2D eigenvalue weighted by Crippen LogP contribution is 2.20. The second-order valence-electron chi connectivity index (χ2n) is 3.34. The summed E-state index contributed by atoms with van der Waals surface area (Å²) in [7, 11) is 0. The van der Waals surface area contributed by atoms with Crippen molar-refractivity contribution in [2.45, 2.75) is 12.5 Å². The molecular weight excluding hydrogens is 233 g/mol. The minimum absolute atomic E-state index is 0.0438. The van der Waals surface area contributed by atoms with E-state index >= 15 is 0 Å². The van der Waals surface area contributed by atoms with E-state index < -0.39 is 11.9 Å². The maximum absolute atomic E-state index is 12.9. The average molecular weight is 242 g/mol. The van der Waals surface area contributed by atoms with Crippen molar-refractivity contribution in [1.82, 2.24) is 15.2 Å². The first kappa shape index (κ1) is 11.0. The Morgan fingerprint density at radius 2 is 2.31 bits per heavy atom. The third-order valence-electron chi connectivity index (χ3n) is 2.16. The van der Waals surface area contributed by atoms with Gasteiger partial charge in [0.15, 0.2) is 5.82 Å². The summed E-state index contributed by atoms with van der Waals surface area (Å²) in [6, 6.07) is 4.32. The van der Waals surface area contributed by atoms with Crippen molar-refractivity contribution in [2.24, 2.45) is 0 Å². The summed E-state index contributed by atoms with van der Waals surface area (Å²) in [6.07, 6.45) is 0.815. The molecule has 0 aliphatic rings. The molecule has 0 aliphatic carbocycles. The normalized spacial score (nSPS) is 12.7. The van der Waals surface area contributed by atoms with Crippen LogP contribution in [0, 0.1) is 5.82 Å². The van der Waals surface area contributed by atoms with Gasteiger partial charge in [0, 0.05) is 6.42 Å². The fourth-order valence-corrected chi connectivity index (χ4v) is 1.57. The molecule has 0 saturated heterocycles. The first-order chi connectivity index (χ1) is 7.66. The van der Waals surface area contributed by atoms with Crippen LogP contribution in [-0.4, -0.2) is 20.3 Å². The van der Waals surface area contributed by atoms with E-state index in [2.05, 4.69) is 15.2 Å². The molecule has 84 valence electrons. The summed E-state index contributed by atoms with van der Waals surface area (Å²) in [5.74, 6) is -0.0972. The number of aromatic amines is 1. The fraction of sp³-hybridized carbons (Fsp3) is 0.200. The zero-order chi connectivity index (χ0) is 11.5. The Kier molecular flexibility index (Phi) is 3.17. The monoisotopic (exact) mass is 241 g/mol. The van der Waals surface area contributed by atoms with E-state index in [0.717, 1.165) is 5.56 Å². The Bertz CT molecular complexity index is 475. The average Bonchev–Trinajstić information content (AvgIpc) is 2.77. The number of nitrogens with zero attached hydrogens (tertiary/aromatic N) is 2. The lowest BCUT2D eigenvalue weighted by Crippen LogP contribution is -2.04. The molecule has 0 fully saturated rings. The molecule has 0 radical (unpaired) electrons. The molecular formula is C10H9ClFN3O. The van der Waals surface area contributed by atoms with Crippen LogP contribution in [0.25, 0.3) is 0 Å². The largest absolute Gasteiger partial charge is 0.385 e. The van der Waals surface area contributed by atoms with E-state index in [1.165, 1.54) is 18.5 Å². The molecule has 1 unspecified atom stereocenters. The van der Waals surface area contributed by atoms with Crippen LogP contribution in [0.3, 0.4) is 0 Å². The Balaban J connectivity index is 2.12. The number of hydrogen-bond acceptors (Lipinski definition) is 3. The van der Waals surface area contributed by atoms with Crippen LogP contribution in [0.5, 0.6) is 0 Å². The van der Waals surface area contributed by atoms with Crippen LogP contribution in [0.4, 0.5) is 4.39 Å². The second-order valence-corrected chi connectivity index (χ2v) is 3.75. The molecule has 2 aromatic rings. The first-order valence-corrected chi connectivity index (χ1v) is 5.02. The number of aliphatic hydroxyl groups is 1. The highest BCUT2D eigenvalue weighted by molar-refractivity contribution is 6.30. The molecule has 0 saturated carbocycles. The quantitative estimate of drug-likeness (QED) is 0.863. The lowest BCUT2D eigenvalue weighted by Gasteiger charge is -2.07. The van der Waals surface area contributed by atoms with Crippen molar-refractivity contribution in [3.05, 3.63) is 46.8 Å². The van der Waals surface area contributed by atoms with Gasteiger partial charge >= 0.3 is 0 Å². The van der Waals surface area contributed by atoms with Crippen LogP contribution in [0.1, 0.15) is 17.5 Å². The van der Waals surface area contributed by atoms with Crippen molar-refractivity contribution >= 4 is 11.6 Å². The number of nitrogens with one attached hydrogen (secondary N) is 1. The third-order valence-corrected chi connectivity index (χ3v) is 2.45. The van der Waals surface area contributed by atoms with Crippen LogP contribution < -0.4 is 0 Å². The zero-order valence-corrected chi connectivity index (χ0v) is 8.95. The molecule has 0 amide bonds. The summed E-state index contributed by atoms with van der Waals surface area (Å²) in [6.45, 7) is 0. The van der Waals surface area contributed by atoms with Gasteiger partial charge in [0.25, 0.3) is 0 Å². The van der Waals surface area contributed by atoms with Gasteiger partial charge < -0.3 is 5.11 Å². The van der Waals surface area contributed by atoms with Gasteiger partial charge in [0.2, 0.25) is 0 Å². The van der Waals surface area contributed by atoms with Gasteiger partial charge in [-0.05, 0) is 17.7 Å². The van der Waals surface area contributed by atoms with Gasteiger partial charge in [0.1, 0.15) is 18.2 Å². The molecule has 0 spiro atoms. The summed E-state index contributed by atoms with van der Waals surface area (Å²) < 4.78 is 12.9. The van der Waals surface area contributed by atoms with E-state index in [-0.39, 0.29) is 5.02 Å². The van der Waals surface area contributed by atoms with Gasteiger partial charge in [-0.2, -0.15) is 5.10 Å². The number of halogens is 2. The van der Waals surface area contributed by atoms with Gasteiger partial charge in [-0.1, -0.05) is 17.7 Å². The van der Waals surface area contributed by atoms with E-state index in [9.17, 15) is 9.50 Å². The van der Waals surface area contributed by atoms with Crippen molar-refractivity contribution < 1.29 is 9.50 Å². The Morgan fingerprint density at radius 1 is 1.50 bits per heavy atom. The minimum Gasteiger partial charge on any atom is -0.385 e. The predicted octanol–water partition coefficient (Wildman–Crippen LogP) is 1.87. The predicted molar refractivity (Wildman–Crippen MR) is 56.5 cm³/mol. The molecule has 6 heteroatoms. The van der Waals surface area contributed by atoms with Gasteiger partial charge in [0.05, 0.1) is 5.02 Å². The van der Waals surface area contributed by atoms with Crippen LogP contribution in [0.15, 0.2) is 24.5 Å². The minimum atomic E-state index is -0.802. The zero-order valence-electron chi connectivity index (χ0n) is 8.19. The molecule has 1 heterocycles. The summed E-state index contributed by atoms with van der Waals surface area (Å²) >= 11 is 5.63. The van der Waals surface area contributed by atoms with Gasteiger partial charge in [-0.15, -0.1) is 0 Å². The molecule has 1 atom stereocenters. The van der Waals surface area contributed by atoms with Crippen LogP contribution in [-0.2, 0) is 6.42 Å². The standard InChI is InChI=1S/C10H9ClFN3O/c11-7-3-6(1-2-8(7)12)4-9(16)10-13-5-14-15-10/h1-3,5,9,16H,4H2,(H,13,14,15). The summed E-state index contributed by atoms with van der Waals surface area (Å²) in [5.41, 5.74) is 0.732. The van der Waals surface area contributed by atoms with Crippen molar-refractivity contribution in [2.75, 3.05) is 0 Å². The lowest BCUT2D eigenvalue weighted by molar-refractivity contribution is 0.169. The molecule has 0 aliphatic heterocycles. The molecule has 1 aromatic heterocycles. The molecule has 2 N–H and O–H groups in total. The van der Waals surface area contributed by atoms with E-state index in [1.807, 2.05) is 0 Å². The Morgan fingerprint density at radius 3 is 2.94 bits per heavy atom. The highest BCUT2D eigenvalue weighted by atomic mass is 35.5. The number of aliphatic hydroxyl groups excluding tert-OH is 1. The van der Waals surface area contributed by atoms with Crippen molar-refractivity contribution in [3.8, 4) is 0 Å². The molecule has 0 bridgehead atoms. The second kappa shape index (κ2) is 4.59. The molecule has 2 rings (SSSR count). The number of aromatic nitrogens is 3. The Hall–Kier alpha value is -1.46. The van der Waals surface area contributed by atoms with Gasteiger partial charge in [-0.3, -0.25) is 5.10 Å². The van der Waals surface area contributed by atoms with Gasteiger partial charge in [-0.25, -0.2) is 9.37 Å². The number of H-pyrrole nitrogens is 1. The van der Waals surface area contributed by atoms with E-state index in [1.54, 1.807) is 6.07 Å². The maximum atomic E-state index is 12.9. The summed E-state index contributed by atoms with van der Waals surface area (Å²) in [5, 5.41) is 16.0. The smallest absolute Gasteiger partial charge is 0.153 e. The first-order valence-electron chi connectivity index (χ1n) is 4.64. The highest BCUT2D eigenvalue weighted by Gasteiger charge is 2.12. The fourth-order valence-electron chi connectivity index (χ4n) is 1.36. The van der Waals surface area contributed by atoms with E-state index in [4.69, 9.17) is 11.6 Å². The van der Waals surface area contributed by atoms with Crippen LogP contribution in [0.2, 0.25) is 5.02 Å². The van der Waals surface area contributed by atoms with E-state index in [0.29, 0.717) is 12.2 Å². The lowest BCUT2D eigenvalue weighted by atomic mass is 10.1. The number of rotatable bonds is 3. The molecule has 1 aromatic carbocycles. The Labute approximate surface area is 96.1 Å². The van der Waals surface area contributed by atoms with Crippen molar-refractivity contribution in [3.63, 3.8) is 0 Å². The number of hydrogen-bond donors (Lipinski definition) is 2.